The molecule has 0 radical (unpaired) electrons. The summed E-state index contributed by atoms with van der Waals surface area (Å²) < 4.78 is 13.0. The van der Waals surface area contributed by atoms with E-state index in [4.69, 9.17) is 17.3 Å². The average Bonchev–Trinajstić information content (AvgIpc) is 2.32. The Hall–Kier alpha value is -1.68. The molecule has 5 heteroatoms. The van der Waals surface area contributed by atoms with Crippen molar-refractivity contribution >= 4 is 17.4 Å². The first-order valence-corrected chi connectivity index (χ1v) is 6.40. The van der Waals surface area contributed by atoms with Crippen LogP contribution in [-0.2, 0) is 6.42 Å². The van der Waals surface area contributed by atoms with Crippen LogP contribution in [0.4, 0.5) is 10.2 Å². The van der Waals surface area contributed by atoms with Crippen LogP contribution in [0.15, 0.2) is 24.3 Å². The Kier molecular flexibility index (Phi) is 4.00. The third kappa shape index (κ3) is 3.41. The summed E-state index contributed by atoms with van der Waals surface area (Å²) in [6.45, 7) is 4.08. The van der Waals surface area contributed by atoms with Crippen LogP contribution in [0, 0.1) is 5.82 Å². The summed E-state index contributed by atoms with van der Waals surface area (Å²) in [5, 5.41) is 0.372. The molecule has 0 unspecified atom stereocenters. The Labute approximate surface area is 116 Å². The number of nitrogens with zero attached hydrogens (tertiary/aromatic N) is 2. The van der Waals surface area contributed by atoms with Crippen molar-refractivity contribution in [2.75, 3.05) is 5.73 Å². The number of aromatic nitrogens is 2. The summed E-state index contributed by atoms with van der Waals surface area (Å²) in [6, 6.07) is 6.06. The van der Waals surface area contributed by atoms with Crippen molar-refractivity contribution in [1.29, 1.82) is 0 Å². The lowest BCUT2D eigenvalue weighted by Gasteiger charge is -2.09. The molecule has 19 heavy (non-hydrogen) atoms. The monoisotopic (exact) mass is 279 g/mol. The zero-order valence-corrected chi connectivity index (χ0v) is 11.6. The molecular formula is C14H15ClFN3. The van der Waals surface area contributed by atoms with Gasteiger partial charge in [0.2, 0.25) is 0 Å². The molecule has 0 aliphatic heterocycles. The fourth-order valence-corrected chi connectivity index (χ4v) is 1.98. The second kappa shape index (κ2) is 5.53. The van der Waals surface area contributed by atoms with Gasteiger partial charge in [-0.25, -0.2) is 14.4 Å². The minimum Gasteiger partial charge on any atom is -0.384 e. The van der Waals surface area contributed by atoms with Crippen LogP contribution >= 0.6 is 11.6 Å². The van der Waals surface area contributed by atoms with Gasteiger partial charge in [-0.05, 0) is 23.6 Å². The SMILES string of the molecule is CC(C)c1cc(N)nc(Cc2ccc(F)cc2Cl)n1. The quantitative estimate of drug-likeness (QED) is 0.934. The normalized spacial score (nSPS) is 11.0. The molecule has 2 rings (SSSR count). The van der Waals surface area contributed by atoms with Crippen LogP contribution in [0.25, 0.3) is 0 Å². The van der Waals surface area contributed by atoms with Gasteiger partial charge in [0.25, 0.3) is 0 Å². The third-order valence-corrected chi connectivity index (χ3v) is 3.12. The van der Waals surface area contributed by atoms with E-state index in [1.807, 2.05) is 13.8 Å². The van der Waals surface area contributed by atoms with Crippen molar-refractivity contribution in [3.8, 4) is 0 Å². The van der Waals surface area contributed by atoms with Crippen LogP contribution in [0.2, 0.25) is 5.02 Å². The Morgan fingerprint density at radius 1 is 1.26 bits per heavy atom. The highest BCUT2D eigenvalue weighted by Gasteiger charge is 2.09. The first kappa shape index (κ1) is 13.7. The van der Waals surface area contributed by atoms with Gasteiger partial charge in [-0.3, -0.25) is 0 Å². The third-order valence-electron chi connectivity index (χ3n) is 2.77. The van der Waals surface area contributed by atoms with Crippen LogP contribution < -0.4 is 5.73 Å². The number of nitrogen functional groups attached to an aromatic ring is 1. The molecule has 1 heterocycles. The molecule has 2 N–H and O–H groups in total. The lowest BCUT2D eigenvalue weighted by atomic mass is 10.1. The molecule has 2 aromatic rings. The van der Waals surface area contributed by atoms with Crippen molar-refractivity contribution in [2.45, 2.75) is 26.2 Å². The Morgan fingerprint density at radius 3 is 2.63 bits per heavy atom. The first-order chi connectivity index (χ1) is 8.95. The van der Waals surface area contributed by atoms with E-state index in [1.54, 1.807) is 12.1 Å². The number of benzene rings is 1. The van der Waals surface area contributed by atoms with Crippen molar-refractivity contribution in [1.82, 2.24) is 9.97 Å². The average molecular weight is 280 g/mol. The van der Waals surface area contributed by atoms with Gasteiger partial charge in [-0.2, -0.15) is 0 Å². The summed E-state index contributed by atoms with van der Waals surface area (Å²) in [5.41, 5.74) is 7.44. The molecule has 0 amide bonds. The van der Waals surface area contributed by atoms with Crippen LogP contribution in [0.5, 0.6) is 0 Å². The number of hydrogen-bond donors (Lipinski definition) is 1. The van der Waals surface area contributed by atoms with Gasteiger partial charge in [0, 0.05) is 23.2 Å². The number of rotatable bonds is 3. The van der Waals surface area contributed by atoms with E-state index in [1.165, 1.54) is 12.1 Å². The van der Waals surface area contributed by atoms with Gasteiger partial charge in [0.15, 0.2) is 0 Å². The van der Waals surface area contributed by atoms with E-state index in [-0.39, 0.29) is 11.7 Å². The lowest BCUT2D eigenvalue weighted by molar-refractivity contribution is 0.627. The van der Waals surface area contributed by atoms with Crippen LogP contribution in [0.1, 0.15) is 36.8 Å². The molecular weight excluding hydrogens is 265 g/mol. The molecule has 1 aromatic heterocycles. The molecule has 0 bridgehead atoms. The molecule has 0 spiro atoms. The number of anilines is 1. The minimum atomic E-state index is -0.356. The maximum absolute atomic E-state index is 13.0. The van der Waals surface area contributed by atoms with Gasteiger partial charge < -0.3 is 5.73 Å². The van der Waals surface area contributed by atoms with Crippen molar-refractivity contribution < 1.29 is 4.39 Å². The molecule has 0 aliphatic carbocycles. The molecule has 0 fully saturated rings. The molecule has 3 nitrogen and oxygen atoms in total. The van der Waals surface area contributed by atoms with Gasteiger partial charge >= 0.3 is 0 Å². The summed E-state index contributed by atoms with van der Waals surface area (Å²) in [6.07, 6.45) is 0.434. The van der Waals surface area contributed by atoms with Gasteiger partial charge in [-0.1, -0.05) is 31.5 Å². The standard InChI is InChI=1S/C14H15ClFN3/c1-8(2)12-7-13(17)19-14(18-12)5-9-3-4-10(16)6-11(9)15/h3-4,6-8H,5H2,1-2H3,(H2,17,18,19). The van der Waals surface area contributed by atoms with E-state index in [9.17, 15) is 4.39 Å². The Morgan fingerprint density at radius 2 is 2.00 bits per heavy atom. The van der Waals surface area contributed by atoms with E-state index in [0.717, 1.165) is 11.3 Å². The van der Waals surface area contributed by atoms with Crippen LogP contribution in [0.3, 0.4) is 0 Å². The highest BCUT2D eigenvalue weighted by Crippen LogP contribution is 2.21. The zero-order chi connectivity index (χ0) is 14.0. The second-order valence-electron chi connectivity index (χ2n) is 4.70. The Bertz CT molecular complexity index is 599. The molecule has 100 valence electrons. The van der Waals surface area contributed by atoms with Crippen LogP contribution in [-0.4, -0.2) is 9.97 Å². The topological polar surface area (TPSA) is 51.8 Å². The predicted molar refractivity (Wildman–Crippen MR) is 74.7 cm³/mol. The molecule has 1 aromatic carbocycles. The van der Waals surface area contributed by atoms with Gasteiger partial charge in [0.05, 0.1) is 0 Å². The highest BCUT2D eigenvalue weighted by atomic mass is 35.5. The lowest BCUT2D eigenvalue weighted by Crippen LogP contribution is -2.05. The number of hydrogen-bond acceptors (Lipinski definition) is 3. The van der Waals surface area contributed by atoms with Gasteiger partial charge in [-0.15, -0.1) is 0 Å². The summed E-state index contributed by atoms with van der Waals surface area (Å²) >= 11 is 5.99. The van der Waals surface area contributed by atoms with E-state index in [2.05, 4.69) is 9.97 Å². The molecule has 0 saturated carbocycles. The fraction of sp³-hybridized carbons (Fsp3) is 0.286. The zero-order valence-electron chi connectivity index (χ0n) is 10.8. The largest absolute Gasteiger partial charge is 0.384 e. The molecule has 0 saturated heterocycles. The highest BCUT2D eigenvalue weighted by molar-refractivity contribution is 6.31. The predicted octanol–water partition coefficient (Wildman–Crippen LogP) is 3.57. The summed E-state index contributed by atoms with van der Waals surface area (Å²) in [4.78, 5) is 8.64. The van der Waals surface area contributed by atoms with Gasteiger partial charge in [0.1, 0.15) is 17.5 Å². The number of nitrogens with two attached hydrogens (primary N) is 1. The number of halogens is 2. The van der Waals surface area contributed by atoms with Crippen molar-refractivity contribution in [3.05, 3.63) is 52.2 Å². The maximum atomic E-state index is 13.0. The van der Waals surface area contributed by atoms with E-state index in [0.29, 0.717) is 23.1 Å². The minimum absolute atomic E-state index is 0.271. The van der Waals surface area contributed by atoms with Crippen molar-refractivity contribution in [3.63, 3.8) is 0 Å². The Balaban J connectivity index is 2.32. The maximum Gasteiger partial charge on any atom is 0.135 e. The van der Waals surface area contributed by atoms with Crippen molar-refractivity contribution in [2.24, 2.45) is 0 Å². The fourth-order valence-electron chi connectivity index (χ4n) is 1.75. The summed E-state index contributed by atoms with van der Waals surface area (Å²) in [7, 11) is 0. The molecule has 0 atom stereocenters. The van der Waals surface area contributed by atoms with E-state index < -0.39 is 0 Å². The second-order valence-corrected chi connectivity index (χ2v) is 5.11. The van der Waals surface area contributed by atoms with E-state index >= 15 is 0 Å². The molecule has 0 aliphatic rings. The first-order valence-electron chi connectivity index (χ1n) is 6.03. The summed E-state index contributed by atoms with van der Waals surface area (Å²) in [5.74, 6) is 0.946. The smallest absolute Gasteiger partial charge is 0.135 e.